The Bertz CT molecular complexity index is 1090. The molecule has 35 heavy (non-hydrogen) atoms. The maximum Gasteiger partial charge on any atom is 0.405 e. The lowest BCUT2D eigenvalue weighted by Crippen LogP contribution is -2.54. The number of halogens is 3. The second-order valence-corrected chi connectivity index (χ2v) is 9.35. The first-order valence-electron chi connectivity index (χ1n) is 11.0. The first kappa shape index (κ1) is 25.0. The van der Waals surface area contributed by atoms with Crippen LogP contribution in [0.3, 0.4) is 0 Å². The summed E-state index contributed by atoms with van der Waals surface area (Å²) in [6, 6.07) is 7.93. The van der Waals surface area contributed by atoms with E-state index in [2.05, 4.69) is 5.32 Å². The molecule has 2 N–H and O–H groups in total. The molecule has 1 aromatic carbocycles. The van der Waals surface area contributed by atoms with E-state index in [1.54, 1.807) is 47.7 Å². The lowest BCUT2D eigenvalue weighted by molar-refractivity contribution is -0.144. The molecule has 2 aromatic rings. The number of thiophene rings is 1. The third-order valence-corrected chi connectivity index (χ3v) is 6.78. The molecule has 0 bridgehead atoms. The fourth-order valence-electron chi connectivity index (χ4n) is 4.18. The topological polar surface area (TPSA) is 97.0 Å². The minimum absolute atomic E-state index is 0.0941. The summed E-state index contributed by atoms with van der Waals surface area (Å²) >= 11 is 1.31. The Morgan fingerprint density at radius 2 is 2.03 bits per heavy atom. The van der Waals surface area contributed by atoms with Crippen molar-refractivity contribution in [1.82, 2.24) is 10.2 Å². The van der Waals surface area contributed by atoms with Crippen molar-refractivity contribution in [2.45, 2.75) is 43.7 Å². The summed E-state index contributed by atoms with van der Waals surface area (Å²) in [5.41, 5.74) is 0.748. The van der Waals surface area contributed by atoms with Crippen LogP contribution in [0.5, 0.6) is 5.75 Å². The number of rotatable bonds is 5. The van der Waals surface area contributed by atoms with Gasteiger partial charge in [0.25, 0.3) is 11.8 Å². The molecule has 2 aliphatic heterocycles. The Balaban J connectivity index is 1.43. The molecule has 0 unspecified atom stereocenters. The van der Waals surface area contributed by atoms with Gasteiger partial charge in [0.2, 0.25) is 5.91 Å². The van der Waals surface area contributed by atoms with Crippen molar-refractivity contribution >= 4 is 34.7 Å². The van der Waals surface area contributed by atoms with E-state index in [0.29, 0.717) is 34.7 Å². The van der Waals surface area contributed by atoms with Crippen LogP contribution in [0, 0.1) is 0 Å². The zero-order valence-electron chi connectivity index (χ0n) is 18.8. The fourth-order valence-corrected chi connectivity index (χ4v) is 4.80. The third kappa shape index (κ3) is 6.12. The summed E-state index contributed by atoms with van der Waals surface area (Å²) < 4.78 is 48.8. The number of hydrogen-bond acceptors (Lipinski definition) is 6. The van der Waals surface area contributed by atoms with Gasteiger partial charge in [-0.25, -0.2) is 0 Å². The number of nitrogens with one attached hydrogen (secondary N) is 2. The molecule has 0 spiro atoms. The number of hydrogen-bond donors (Lipinski definition) is 2. The van der Waals surface area contributed by atoms with E-state index in [9.17, 15) is 27.6 Å². The van der Waals surface area contributed by atoms with Crippen molar-refractivity contribution in [3.8, 4) is 5.75 Å². The summed E-state index contributed by atoms with van der Waals surface area (Å²) in [6.45, 7) is -1.30. The summed E-state index contributed by atoms with van der Waals surface area (Å²) in [4.78, 5) is 39.6. The lowest BCUT2D eigenvalue weighted by Gasteiger charge is -2.42. The first-order valence-corrected chi connectivity index (χ1v) is 11.9. The van der Waals surface area contributed by atoms with Crippen molar-refractivity contribution in [1.29, 1.82) is 0 Å². The normalized spacial score (nSPS) is 22.2. The van der Waals surface area contributed by atoms with E-state index >= 15 is 0 Å². The molecule has 4 rings (SSSR count). The second-order valence-electron chi connectivity index (χ2n) is 8.41. The number of likely N-dealkylation sites (N-methyl/N-ethyl adjacent to an activating group) is 1. The van der Waals surface area contributed by atoms with Gasteiger partial charge in [-0.1, -0.05) is 6.07 Å². The van der Waals surface area contributed by atoms with Crippen LogP contribution in [-0.4, -0.2) is 67.2 Å². The average molecular weight is 512 g/mol. The molecule has 0 aliphatic carbocycles. The predicted molar refractivity (Wildman–Crippen MR) is 122 cm³/mol. The minimum atomic E-state index is -4.48. The van der Waals surface area contributed by atoms with E-state index in [1.165, 1.54) is 11.3 Å². The Morgan fingerprint density at radius 3 is 2.74 bits per heavy atom. The van der Waals surface area contributed by atoms with Crippen LogP contribution in [0.25, 0.3) is 0 Å². The Kier molecular flexibility index (Phi) is 7.31. The van der Waals surface area contributed by atoms with Crippen molar-refractivity contribution in [2.24, 2.45) is 0 Å². The predicted octanol–water partition coefficient (Wildman–Crippen LogP) is 3.45. The number of carbonyl (C=O) groups excluding carboxylic acids is 3. The molecule has 2 aliphatic rings. The number of anilines is 1. The number of carbonyl (C=O) groups is 3. The highest BCUT2D eigenvalue weighted by Crippen LogP contribution is 2.32. The van der Waals surface area contributed by atoms with Crippen LogP contribution < -0.4 is 15.4 Å². The van der Waals surface area contributed by atoms with E-state index in [-0.39, 0.29) is 30.9 Å². The first-order chi connectivity index (χ1) is 16.6. The van der Waals surface area contributed by atoms with Crippen LogP contribution in [0.1, 0.15) is 39.3 Å². The summed E-state index contributed by atoms with van der Waals surface area (Å²) in [7, 11) is 1.64. The molecule has 8 nitrogen and oxygen atoms in total. The van der Waals surface area contributed by atoms with Gasteiger partial charge in [-0.3, -0.25) is 14.4 Å². The molecule has 188 valence electrons. The van der Waals surface area contributed by atoms with E-state index in [4.69, 9.17) is 9.47 Å². The summed E-state index contributed by atoms with van der Waals surface area (Å²) in [6.07, 6.45) is -4.92. The highest BCUT2D eigenvalue weighted by atomic mass is 32.1. The van der Waals surface area contributed by atoms with Gasteiger partial charge >= 0.3 is 6.18 Å². The smallest absolute Gasteiger partial charge is 0.405 e. The molecule has 0 radical (unpaired) electrons. The summed E-state index contributed by atoms with van der Waals surface area (Å²) in [5.74, 6) is -1.02. The quantitative estimate of drug-likeness (QED) is 0.641. The molecular weight excluding hydrogens is 487 g/mol. The largest absolute Gasteiger partial charge is 0.490 e. The number of ether oxygens (including phenoxy) is 2. The number of amides is 3. The van der Waals surface area contributed by atoms with Gasteiger partial charge in [0, 0.05) is 12.7 Å². The number of nitrogens with zero attached hydrogens (tertiary/aromatic N) is 1. The van der Waals surface area contributed by atoms with E-state index in [1.807, 2.05) is 5.32 Å². The van der Waals surface area contributed by atoms with Gasteiger partial charge in [0.1, 0.15) is 25.0 Å². The van der Waals surface area contributed by atoms with Crippen molar-refractivity contribution < 1.29 is 37.0 Å². The van der Waals surface area contributed by atoms with Gasteiger partial charge in [-0.05, 0) is 42.5 Å². The molecule has 1 saturated heterocycles. The standard InChI is InChI=1S/C23H24F3N3O5S/c1-29-16-6-5-14(10-20(30)27-12-23(24,25)26)34-18(16)11-33-17-7-4-13(9-15(17)22(29)32)28-21(31)19-3-2-8-35-19/h2-4,7-9,14,16,18H,5-6,10-12H2,1H3,(H,27,30)(H,28,31)/t14-,16-,18-/m1/s1. The zero-order valence-corrected chi connectivity index (χ0v) is 19.6. The summed E-state index contributed by atoms with van der Waals surface area (Å²) in [5, 5.41) is 6.43. The zero-order chi connectivity index (χ0) is 25.2. The lowest BCUT2D eigenvalue weighted by atomic mass is 9.94. The highest BCUT2D eigenvalue weighted by molar-refractivity contribution is 7.12. The van der Waals surface area contributed by atoms with Crippen molar-refractivity contribution in [3.05, 3.63) is 46.2 Å². The number of benzene rings is 1. The van der Waals surface area contributed by atoms with Crippen molar-refractivity contribution in [2.75, 3.05) is 25.5 Å². The SMILES string of the molecule is CN1C(=O)c2cc(NC(=O)c3cccs3)ccc2OC[C@H]2O[C@@H](CC(=O)NCC(F)(F)F)CC[C@H]21. The van der Waals surface area contributed by atoms with Crippen LogP contribution in [0.15, 0.2) is 35.7 Å². The highest BCUT2D eigenvalue weighted by Gasteiger charge is 2.39. The monoisotopic (exact) mass is 511 g/mol. The minimum Gasteiger partial charge on any atom is -0.490 e. The van der Waals surface area contributed by atoms with E-state index in [0.717, 1.165) is 0 Å². The van der Waals surface area contributed by atoms with Gasteiger partial charge < -0.3 is 25.0 Å². The molecule has 3 heterocycles. The van der Waals surface area contributed by atoms with Crippen LogP contribution in [0.2, 0.25) is 0 Å². The molecule has 3 atom stereocenters. The molecule has 3 amide bonds. The van der Waals surface area contributed by atoms with Crippen LogP contribution >= 0.6 is 11.3 Å². The third-order valence-electron chi connectivity index (χ3n) is 5.91. The Hall–Kier alpha value is -3.12. The van der Waals surface area contributed by atoms with Gasteiger partial charge in [0.15, 0.2) is 0 Å². The molecule has 1 fully saturated rings. The second kappa shape index (κ2) is 10.2. The molecule has 12 heteroatoms. The van der Waals surface area contributed by atoms with Crippen LogP contribution in [-0.2, 0) is 9.53 Å². The van der Waals surface area contributed by atoms with Crippen molar-refractivity contribution in [3.63, 3.8) is 0 Å². The average Bonchev–Trinajstić information content (AvgIpc) is 3.35. The number of alkyl halides is 3. The number of fused-ring (bicyclic) bond motifs is 2. The Labute approximate surface area is 203 Å². The maximum absolute atomic E-state index is 13.3. The van der Waals surface area contributed by atoms with Gasteiger partial charge in [-0.15, -0.1) is 11.3 Å². The van der Waals surface area contributed by atoms with Crippen LogP contribution in [0.4, 0.5) is 18.9 Å². The molecular formula is C23H24F3N3O5S. The molecule has 1 aromatic heterocycles. The van der Waals surface area contributed by atoms with E-state index < -0.39 is 30.8 Å². The Morgan fingerprint density at radius 1 is 1.23 bits per heavy atom. The maximum atomic E-state index is 13.3. The van der Waals surface area contributed by atoms with Gasteiger partial charge in [0.05, 0.1) is 29.0 Å². The molecule has 0 saturated carbocycles. The fraction of sp³-hybridized carbons (Fsp3) is 0.435. The van der Waals surface area contributed by atoms with Gasteiger partial charge in [-0.2, -0.15) is 13.2 Å².